The number of halogens is 5. The van der Waals surface area contributed by atoms with Crippen LogP contribution in [0.3, 0.4) is 0 Å². The third-order valence-corrected chi connectivity index (χ3v) is 2.13. The Balaban J connectivity index is 3.02. The molecule has 1 aliphatic carbocycles. The molecule has 0 aliphatic heterocycles. The molecule has 0 heterocycles. The van der Waals surface area contributed by atoms with E-state index in [2.05, 4.69) is 4.74 Å². The fraction of sp³-hybridized carbons (Fsp3) is 1.00. The fourth-order valence-electron chi connectivity index (χ4n) is 1.25. The maximum Gasteiger partial charge on any atom is 0.342 e. The highest BCUT2D eigenvalue weighted by atomic mass is 19.3. The average molecular weight is 190 g/mol. The molecule has 6 heteroatoms. The third-order valence-electron chi connectivity index (χ3n) is 2.13. The topological polar surface area (TPSA) is 9.23 Å². The SMILES string of the molecule is COC1(F)C(C)(F)C(F)C1(F)F. The van der Waals surface area contributed by atoms with Gasteiger partial charge < -0.3 is 4.74 Å². The normalized spacial score (nSPS) is 51.8. The van der Waals surface area contributed by atoms with Crippen molar-refractivity contribution in [2.75, 3.05) is 7.11 Å². The Morgan fingerprint density at radius 1 is 1.17 bits per heavy atom. The van der Waals surface area contributed by atoms with Crippen LogP contribution in [0.5, 0.6) is 0 Å². The maximum atomic E-state index is 12.9. The van der Waals surface area contributed by atoms with Gasteiger partial charge in [0, 0.05) is 7.11 Å². The lowest BCUT2D eigenvalue weighted by atomic mass is 9.72. The zero-order valence-electron chi connectivity index (χ0n) is 6.38. The second-order valence-corrected chi connectivity index (χ2v) is 2.86. The molecule has 72 valence electrons. The standard InChI is InChI=1S/C6H7F5O/c1-4(8)3(7)5(9,10)6(4,11)12-2/h3H,1-2H3. The summed E-state index contributed by atoms with van der Waals surface area (Å²) in [5.41, 5.74) is -3.29. The van der Waals surface area contributed by atoms with Crippen molar-refractivity contribution >= 4 is 0 Å². The smallest absolute Gasteiger partial charge is 0.342 e. The van der Waals surface area contributed by atoms with Crippen LogP contribution in [0.25, 0.3) is 0 Å². The Kier molecular flexibility index (Phi) is 1.70. The van der Waals surface area contributed by atoms with Gasteiger partial charge in [-0.1, -0.05) is 0 Å². The Morgan fingerprint density at radius 2 is 1.58 bits per heavy atom. The van der Waals surface area contributed by atoms with Crippen molar-refractivity contribution in [1.82, 2.24) is 0 Å². The zero-order chi connectivity index (χ0) is 9.78. The first-order chi connectivity index (χ1) is 5.22. The molecule has 0 bridgehead atoms. The highest BCUT2D eigenvalue weighted by Crippen LogP contribution is 2.60. The van der Waals surface area contributed by atoms with Crippen LogP contribution < -0.4 is 0 Å². The Morgan fingerprint density at radius 3 is 1.75 bits per heavy atom. The number of hydrogen-bond donors (Lipinski definition) is 0. The molecule has 0 amide bonds. The van der Waals surface area contributed by atoms with Crippen molar-refractivity contribution in [3.8, 4) is 0 Å². The lowest BCUT2D eigenvalue weighted by Gasteiger charge is -2.52. The largest absolute Gasteiger partial charge is 0.342 e. The zero-order valence-corrected chi connectivity index (χ0v) is 6.38. The van der Waals surface area contributed by atoms with Crippen LogP contribution in [0, 0.1) is 0 Å². The summed E-state index contributed by atoms with van der Waals surface area (Å²) < 4.78 is 66.3. The second-order valence-electron chi connectivity index (χ2n) is 2.86. The summed E-state index contributed by atoms with van der Waals surface area (Å²) in [6, 6.07) is 0. The fourth-order valence-corrected chi connectivity index (χ4v) is 1.25. The predicted octanol–water partition coefficient (Wildman–Crippen LogP) is 2.01. The summed E-state index contributed by atoms with van der Waals surface area (Å²) in [4.78, 5) is 0. The molecule has 0 radical (unpaired) electrons. The lowest BCUT2D eigenvalue weighted by Crippen LogP contribution is -2.80. The summed E-state index contributed by atoms with van der Waals surface area (Å²) in [5, 5.41) is 0. The molecule has 1 nitrogen and oxygen atoms in total. The summed E-state index contributed by atoms with van der Waals surface area (Å²) in [7, 11) is 0.567. The first kappa shape index (κ1) is 9.70. The van der Waals surface area contributed by atoms with Gasteiger partial charge in [-0.15, -0.1) is 0 Å². The van der Waals surface area contributed by atoms with Gasteiger partial charge in [-0.05, 0) is 6.92 Å². The minimum atomic E-state index is -4.41. The molecule has 0 spiro atoms. The first-order valence-electron chi connectivity index (χ1n) is 3.16. The Labute approximate surface area is 65.5 Å². The minimum absolute atomic E-state index is 0.401. The molecule has 0 saturated heterocycles. The summed E-state index contributed by atoms with van der Waals surface area (Å²) in [6.07, 6.45) is -3.16. The highest BCUT2D eigenvalue weighted by molar-refractivity contribution is 5.21. The molecular weight excluding hydrogens is 183 g/mol. The number of rotatable bonds is 1. The van der Waals surface area contributed by atoms with E-state index in [0.29, 0.717) is 14.0 Å². The molecule has 0 aromatic carbocycles. The van der Waals surface area contributed by atoms with Crippen LogP contribution in [0.4, 0.5) is 22.0 Å². The van der Waals surface area contributed by atoms with Gasteiger partial charge in [0.2, 0.25) is 11.8 Å². The molecule has 0 aromatic rings. The van der Waals surface area contributed by atoms with Crippen LogP contribution in [-0.2, 0) is 4.74 Å². The first-order valence-corrected chi connectivity index (χ1v) is 3.16. The van der Waals surface area contributed by atoms with Gasteiger partial charge in [-0.3, -0.25) is 0 Å². The van der Waals surface area contributed by atoms with E-state index in [1.165, 1.54) is 0 Å². The molecule has 3 atom stereocenters. The van der Waals surface area contributed by atoms with Gasteiger partial charge in [-0.25, -0.2) is 13.2 Å². The molecule has 0 N–H and O–H groups in total. The van der Waals surface area contributed by atoms with Crippen molar-refractivity contribution in [3.05, 3.63) is 0 Å². The second kappa shape index (κ2) is 2.10. The lowest BCUT2D eigenvalue weighted by molar-refractivity contribution is -0.425. The van der Waals surface area contributed by atoms with E-state index >= 15 is 0 Å². The minimum Gasteiger partial charge on any atom is -0.342 e. The van der Waals surface area contributed by atoms with Crippen molar-refractivity contribution in [3.63, 3.8) is 0 Å². The van der Waals surface area contributed by atoms with E-state index in [4.69, 9.17) is 0 Å². The van der Waals surface area contributed by atoms with Crippen LogP contribution in [0.1, 0.15) is 6.92 Å². The molecule has 1 fully saturated rings. The predicted molar refractivity (Wildman–Crippen MR) is 30.2 cm³/mol. The van der Waals surface area contributed by atoms with Gasteiger partial charge >= 0.3 is 11.8 Å². The maximum absolute atomic E-state index is 12.9. The molecule has 1 aliphatic rings. The molecule has 1 rings (SSSR count). The van der Waals surface area contributed by atoms with E-state index < -0.39 is 23.6 Å². The summed E-state index contributed by atoms with van der Waals surface area (Å²) in [5.74, 6) is -8.26. The van der Waals surface area contributed by atoms with Crippen molar-refractivity contribution in [2.24, 2.45) is 0 Å². The van der Waals surface area contributed by atoms with Crippen molar-refractivity contribution < 1.29 is 26.7 Å². The van der Waals surface area contributed by atoms with Gasteiger partial charge in [0.25, 0.3) is 0 Å². The van der Waals surface area contributed by atoms with Gasteiger partial charge in [0.05, 0.1) is 0 Å². The molecule has 1 saturated carbocycles. The van der Waals surface area contributed by atoms with E-state index in [9.17, 15) is 22.0 Å². The van der Waals surface area contributed by atoms with Crippen molar-refractivity contribution in [1.29, 1.82) is 0 Å². The number of methoxy groups -OCH3 is 1. The van der Waals surface area contributed by atoms with Crippen LogP contribution in [0.15, 0.2) is 0 Å². The van der Waals surface area contributed by atoms with E-state index in [1.807, 2.05) is 0 Å². The van der Waals surface area contributed by atoms with E-state index in [0.717, 1.165) is 0 Å². The summed E-state index contributed by atoms with van der Waals surface area (Å²) in [6.45, 7) is 0.401. The number of hydrogen-bond acceptors (Lipinski definition) is 1. The monoisotopic (exact) mass is 190 g/mol. The Bertz CT molecular complexity index is 186. The van der Waals surface area contributed by atoms with Crippen molar-refractivity contribution in [2.45, 2.75) is 30.5 Å². The van der Waals surface area contributed by atoms with Gasteiger partial charge in [0.15, 0.2) is 0 Å². The van der Waals surface area contributed by atoms with Crippen LogP contribution in [0.2, 0.25) is 0 Å². The average Bonchev–Trinajstić information content (AvgIpc) is 2.00. The highest BCUT2D eigenvalue weighted by Gasteiger charge is 2.87. The van der Waals surface area contributed by atoms with E-state index in [-0.39, 0.29) is 0 Å². The molecule has 12 heavy (non-hydrogen) atoms. The number of ether oxygens (including phenoxy) is 1. The van der Waals surface area contributed by atoms with Crippen LogP contribution >= 0.6 is 0 Å². The van der Waals surface area contributed by atoms with Gasteiger partial charge in [0.1, 0.15) is 0 Å². The quantitative estimate of drug-likeness (QED) is 0.574. The number of alkyl halides is 5. The van der Waals surface area contributed by atoms with E-state index in [1.54, 1.807) is 0 Å². The third kappa shape index (κ3) is 0.670. The van der Waals surface area contributed by atoms with Gasteiger partial charge in [-0.2, -0.15) is 8.78 Å². The molecule has 3 unspecified atom stereocenters. The Hall–Kier alpha value is -0.390. The summed E-state index contributed by atoms with van der Waals surface area (Å²) >= 11 is 0. The molecule has 0 aromatic heterocycles. The molecular formula is C6H7F5O. The van der Waals surface area contributed by atoms with Crippen LogP contribution in [-0.4, -0.2) is 30.7 Å².